The summed E-state index contributed by atoms with van der Waals surface area (Å²) in [6.07, 6.45) is 2.92. The van der Waals surface area contributed by atoms with E-state index in [-0.39, 0.29) is 13.0 Å². The topological polar surface area (TPSA) is 94.9 Å². The molecule has 0 aliphatic rings. The molecule has 6 nitrogen and oxygen atoms in total. The number of amides is 1. The number of aliphatic carboxylic acids is 2. The summed E-state index contributed by atoms with van der Waals surface area (Å²) in [6, 6.07) is 0. The van der Waals surface area contributed by atoms with Gasteiger partial charge in [0.25, 0.3) is 0 Å². The lowest BCUT2D eigenvalue weighted by atomic mass is 10.2. The monoisotopic (exact) mass is 243 g/mol. The van der Waals surface area contributed by atoms with Gasteiger partial charge >= 0.3 is 11.9 Å². The van der Waals surface area contributed by atoms with Crippen molar-refractivity contribution in [3.63, 3.8) is 0 Å². The van der Waals surface area contributed by atoms with E-state index in [2.05, 4.69) is 6.58 Å². The predicted molar refractivity (Wildman–Crippen MR) is 60.5 cm³/mol. The van der Waals surface area contributed by atoms with Crippen molar-refractivity contribution in [3.05, 3.63) is 12.7 Å². The number of carbonyl (C=O) groups is 3. The lowest BCUT2D eigenvalue weighted by molar-refractivity contribution is -0.142. The molecule has 0 aliphatic carbocycles. The summed E-state index contributed by atoms with van der Waals surface area (Å²) in [6.45, 7) is 3.24. The third-order valence-corrected chi connectivity index (χ3v) is 2.13. The molecule has 0 radical (unpaired) electrons. The minimum atomic E-state index is -1.08. The molecule has 0 unspecified atom stereocenters. The molecule has 0 saturated heterocycles. The van der Waals surface area contributed by atoms with Gasteiger partial charge in [-0.2, -0.15) is 0 Å². The van der Waals surface area contributed by atoms with Gasteiger partial charge in [-0.25, -0.2) is 0 Å². The molecule has 0 saturated carbocycles. The van der Waals surface area contributed by atoms with Crippen LogP contribution in [-0.4, -0.2) is 46.0 Å². The molecule has 0 bridgehead atoms. The highest BCUT2D eigenvalue weighted by atomic mass is 16.4. The van der Waals surface area contributed by atoms with Gasteiger partial charge in [-0.3, -0.25) is 14.4 Å². The van der Waals surface area contributed by atoms with Crippen molar-refractivity contribution in [3.8, 4) is 0 Å². The van der Waals surface area contributed by atoms with Gasteiger partial charge in [-0.05, 0) is 18.9 Å². The average Bonchev–Trinajstić information content (AvgIpc) is 2.25. The van der Waals surface area contributed by atoms with Gasteiger partial charge in [0.2, 0.25) is 5.91 Å². The quantitative estimate of drug-likeness (QED) is 0.460. The summed E-state index contributed by atoms with van der Waals surface area (Å²) in [5.74, 6) is -2.36. The van der Waals surface area contributed by atoms with Crippen molar-refractivity contribution in [1.82, 2.24) is 4.90 Å². The second-order valence-corrected chi connectivity index (χ2v) is 3.56. The summed E-state index contributed by atoms with van der Waals surface area (Å²) in [4.78, 5) is 33.2. The average molecular weight is 243 g/mol. The Bertz CT molecular complexity index is 300. The second kappa shape index (κ2) is 8.32. The second-order valence-electron chi connectivity index (χ2n) is 3.56. The van der Waals surface area contributed by atoms with Crippen molar-refractivity contribution in [2.45, 2.75) is 25.7 Å². The van der Waals surface area contributed by atoms with Crippen LogP contribution >= 0.6 is 0 Å². The Kier molecular flexibility index (Phi) is 7.41. The first-order valence-corrected chi connectivity index (χ1v) is 5.32. The van der Waals surface area contributed by atoms with Crippen LogP contribution in [0.3, 0.4) is 0 Å². The smallest absolute Gasteiger partial charge is 0.323 e. The Balaban J connectivity index is 3.91. The minimum Gasteiger partial charge on any atom is -0.481 e. The zero-order chi connectivity index (χ0) is 13.3. The maximum atomic E-state index is 11.3. The van der Waals surface area contributed by atoms with Crippen molar-refractivity contribution >= 4 is 17.8 Å². The fourth-order valence-electron chi connectivity index (χ4n) is 1.32. The maximum absolute atomic E-state index is 11.3. The molecule has 0 heterocycles. The van der Waals surface area contributed by atoms with E-state index < -0.39 is 17.8 Å². The van der Waals surface area contributed by atoms with Gasteiger partial charge in [0, 0.05) is 13.0 Å². The molecule has 0 aromatic carbocycles. The van der Waals surface area contributed by atoms with Crippen LogP contribution in [0.5, 0.6) is 0 Å². The summed E-state index contributed by atoms with van der Waals surface area (Å²) in [5, 5.41) is 17.0. The van der Waals surface area contributed by atoms with E-state index in [4.69, 9.17) is 10.2 Å². The lowest BCUT2D eigenvalue weighted by Crippen LogP contribution is -2.35. The van der Waals surface area contributed by atoms with E-state index in [9.17, 15) is 14.4 Å². The number of carbonyl (C=O) groups excluding carboxylic acids is 1. The number of carboxylic acids is 2. The number of rotatable bonds is 9. The van der Waals surface area contributed by atoms with Gasteiger partial charge in [0.15, 0.2) is 0 Å². The number of unbranched alkanes of at least 4 members (excludes halogenated alkanes) is 2. The standard InChI is InChI=1S/C11H17NO5/c1-2-9(13)12(8-11(16)17)7-5-3-4-6-10(14)15/h2H,1,3-8H2,(H,14,15)(H,16,17). The van der Waals surface area contributed by atoms with Crippen molar-refractivity contribution < 1.29 is 24.6 Å². The Morgan fingerprint density at radius 2 is 1.71 bits per heavy atom. The number of nitrogens with zero attached hydrogens (tertiary/aromatic N) is 1. The van der Waals surface area contributed by atoms with Crippen molar-refractivity contribution in [2.75, 3.05) is 13.1 Å². The molecular formula is C11H17NO5. The highest BCUT2D eigenvalue weighted by molar-refractivity contribution is 5.89. The van der Waals surface area contributed by atoms with Crippen LogP contribution in [0, 0.1) is 0 Å². The molecular weight excluding hydrogens is 226 g/mol. The molecule has 0 fully saturated rings. The normalized spacial score (nSPS) is 9.65. The summed E-state index contributed by atoms with van der Waals surface area (Å²) >= 11 is 0. The highest BCUT2D eigenvalue weighted by Gasteiger charge is 2.13. The van der Waals surface area contributed by atoms with Crippen molar-refractivity contribution in [1.29, 1.82) is 0 Å². The van der Waals surface area contributed by atoms with E-state index in [0.29, 0.717) is 25.8 Å². The van der Waals surface area contributed by atoms with Crippen LogP contribution in [-0.2, 0) is 14.4 Å². The highest BCUT2D eigenvalue weighted by Crippen LogP contribution is 2.02. The Hall–Kier alpha value is -1.85. The van der Waals surface area contributed by atoms with Gasteiger partial charge < -0.3 is 15.1 Å². The molecule has 0 aromatic heterocycles. The molecule has 17 heavy (non-hydrogen) atoms. The third kappa shape index (κ3) is 8.01. The molecule has 96 valence electrons. The first-order chi connectivity index (χ1) is 7.97. The molecule has 0 aromatic rings. The number of hydrogen-bond acceptors (Lipinski definition) is 3. The van der Waals surface area contributed by atoms with E-state index in [1.807, 2.05) is 0 Å². The number of hydrogen-bond donors (Lipinski definition) is 2. The van der Waals surface area contributed by atoms with Crippen LogP contribution in [0.25, 0.3) is 0 Å². The van der Waals surface area contributed by atoms with Gasteiger partial charge in [-0.15, -0.1) is 0 Å². The zero-order valence-corrected chi connectivity index (χ0v) is 9.59. The largest absolute Gasteiger partial charge is 0.481 e. The summed E-state index contributed by atoms with van der Waals surface area (Å²) < 4.78 is 0. The van der Waals surface area contributed by atoms with E-state index >= 15 is 0 Å². The minimum absolute atomic E-state index is 0.0916. The fourth-order valence-corrected chi connectivity index (χ4v) is 1.32. The van der Waals surface area contributed by atoms with Gasteiger partial charge in [-0.1, -0.05) is 13.0 Å². The predicted octanol–water partition coefficient (Wildman–Crippen LogP) is 0.731. The Morgan fingerprint density at radius 3 is 2.18 bits per heavy atom. The summed E-state index contributed by atoms with van der Waals surface area (Å²) in [5.41, 5.74) is 0. The molecule has 0 spiro atoms. The molecule has 0 rings (SSSR count). The summed E-state index contributed by atoms with van der Waals surface area (Å²) in [7, 11) is 0. The van der Waals surface area contributed by atoms with Crippen molar-refractivity contribution in [2.24, 2.45) is 0 Å². The van der Waals surface area contributed by atoms with Crippen LogP contribution in [0.2, 0.25) is 0 Å². The molecule has 1 amide bonds. The Morgan fingerprint density at radius 1 is 1.06 bits per heavy atom. The van der Waals surface area contributed by atoms with Crippen LogP contribution < -0.4 is 0 Å². The molecule has 0 atom stereocenters. The fraction of sp³-hybridized carbons (Fsp3) is 0.545. The first kappa shape index (κ1) is 15.2. The van der Waals surface area contributed by atoms with Gasteiger partial charge in [0.05, 0.1) is 0 Å². The SMILES string of the molecule is C=CC(=O)N(CCCCCC(=O)O)CC(=O)O. The van der Waals surface area contributed by atoms with Gasteiger partial charge in [0.1, 0.15) is 6.54 Å². The zero-order valence-electron chi connectivity index (χ0n) is 9.59. The maximum Gasteiger partial charge on any atom is 0.323 e. The van der Waals surface area contributed by atoms with E-state index in [1.165, 1.54) is 4.90 Å². The first-order valence-electron chi connectivity index (χ1n) is 5.32. The van der Waals surface area contributed by atoms with Crippen LogP contribution in [0.4, 0.5) is 0 Å². The number of carboxylic acid groups (broad SMARTS) is 2. The lowest BCUT2D eigenvalue weighted by Gasteiger charge is -2.18. The van der Waals surface area contributed by atoms with Crippen LogP contribution in [0.15, 0.2) is 12.7 Å². The van der Waals surface area contributed by atoms with Crippen LogP contribution in [0.1, 0.15) is 25.7 Å². The molecule has 0 aliphatic heterocycles. The Labute approximate surface area is 99.5 Å². The van der Waals surface area contributed by atoms with E-state index in [0.717, 1.165) is 6.08 Å². The third-order valence-electron chi connectivity index (χ3n) is 2.13. The van der Waals surface area contributed by atoms with E-state index in [1.54, 1.807) is 0 Å². The molecule has 2 N–H and O–H groups in total. The molecule has 6 heteroatoms.